The van der Waals surface area contributed by atoms with Crippen LogP contribution < -0.4 is 5.32 Å². The Morgan fingerprint density at radius 1 is 1.32 bits per heavy atom. The quantitative estimate of drug-likeness (QED) is 0.376. The summed E-state index contributed by atoms with van der Waals surface area (Å²) in [5.41, 5.74) is 0.546. The molecule has 0 unspecified atom stereocenters. The first-order valence-electron chi connectivity index (χ1n) is 7.58. The van der Waals surface area contributed by atoms with Gasteiger partial charge in [-0.25, -0.2) is 0 Å². The zero-order valence-electron chi connectivity index (χ0n) is 13.4. The second kappa shape index (κ2) is 8.32. The zero-order valence-corrected chi connectivity index (χ0v) is 13.4. The molecule has 138 valence electrons. The molecule has 1 heterocycles. The van der Waals surface area contributed by atoms with Crippen LogP contribution in [0.2, 0.25) is 0 Å². The van der Waals surface area contributed by atoms with Crippen LogP contribution in [-0.4, -0.2) is 63.4 Å². The molecule has 0 spiro atoms. The summed E-state index contributed by atoms with van der Waals surface area (Å²) in [6.45, 7) is 0.687. The van der Waals surface area contributed by atoms with E-state index in [1.54, 1.807) is 0 Å². The molecule has 1 amide bonds. The number of aliphatic hydroxyl groups is 3. The molecule has 1 saturated heterocycles. The standard InChI is InChI=1S/C15H20N2O8/c1-8(19)16-12-14(21)13(20)11(6-18)25-15(12)24-7-9-2-4-10(5-3-9)17(22)23/h2-5,11-15,18,20-21H,6-7H2,1H3,(H,16,19)/t11-,12+,13+,14-,15-/m0/s1. The third-order valence-corrected chi connectivity index (χ3v) is 3.81. The van der Waals surface area contributed by atoms with E-state index in [1.165, 1.54) is 31.2 Å². The van der Waals surface area contributed by atoms with E-state index in [0.717, 1.165) is 0 Å². The Morgan fingerprint density at radius 2 is 1.96 bits per heavy atom. The lowest BCUT2D eigenvalue weighted by Gasteiger charge is -2.42. The molecule has 10 heteroatoms. The summed E-state index contributed by atoms with van der Waals surface area (Å²) < 4.78 is 11.0. The van der Waals surface area contributed by atoms with Crippen molar-refractivity contribution in [3.8, 4) is 0 Å². The maximum absolute atomic E-state index is 11.3. The summed E-state index contributed by atoms with van der Waals surface area (Å²) in [6, 6.07) is 4.61. The Hall–Kier alpha value is -2.11. The predicted octanol–water partition coefficient (Wildman–Crippen LogP) is -0.945. The first-order valence-corrected chi connectivity index (χ1v) is 7.58. The number of benzene rings is 1. The molecule has 0 radical (unpaired) electrons. The molecule has 1 aliphatic heterocycles. The molecule has 4 N–H and O–H groups in total. The number of ether oxygens (including phenoxy) is 2. The minimum atomic E-state index is -1.39. The lowest BCUT2D eigenvalue weighted by molar-refractivity contribution is -0.384. The van der Waals surface area contributed by atoms with Crippen molar-refractivity contribution in [1.82, 2.24) is 5.32 Å². The highest BCUT2D eigenvalue weighted by atomic mass is 16.7. The molecular weight excluding hydrogens is 336 g/mol. The van der Waals surface area contributed by atoms with E-state index >= 15 is 0 Å². The molecule has 25 heavy (non-hydrogen) atoms. The number of rotatable bonds is 6. The largest absolute Gasteiger partial charge is 0.394 e. The second-order valence-corrected chi connectivity index (χ2v) is 5.67. The molecule has 0 saturated carbocycles. The summed E-state index contributed by atoms with van der Waals surface area (Å²) in [5, 5.41) is 42.4. The highest BCUT2D eigenvalue weighted by molar-refractivity contribution is 5.73. The van der Waals surface area contributed by atoms with Gasteiger partial charge in [-0.15, -0.1) is 0 Å². The van der Waals surface area contributed by atoms with Gasteiger partial charge in [0.05, 0.1) is 18.1 Å². The Kier molecular flexibility index (Phi) is 6.39. The van der Waals surface area contributed by atoms with E-state index in [2.05, 4.69) is 5.32 Å². The van der Waals surface area contributed by atoms with Crippen LogP contribution in [0.15, 0.2) is 24.3 Å². The number of amides is 1. The van der Waals surface area contributed by atoms with Gasteiger partial charge in [-0.1, -0.05) is 0 Å². The summed E-state index contributed by atoms with van der Waals surface area (Å²) in [7, 11) is 0. The van der Waals surface area contributed by atoms with Gasteiger partial charge in [0.2, 0.25) is 5.91 Å². The van der Waals surface area contributed by atoms with Crippen LogP contribution in [0.3, 0.4) is 0 Å². The number of non-ortho nitro benzene ring substituents is 1. The zero-order chi connectivity index (χ0) is 18.6. The third-order valence-electron chi connectivity index (χ3n) is 3.81. The summed E-state index contributed by atoms with van der Waals surface area (Å²) in [5.74, 6) is -0.453. The van der Waals surface area contributed by atoms with Gasteiger partial charge in [-0.2, -0.15) is 0 Å². The Bertz CT molecular complexity index is 608. The average Bonchev–Trinajstić information content (AvgIpc) is 2.58. The molecule has 1 aliphatic rings. The Labute approximate surface area is 143 Å². The fraction of sp³-hybridized carbons (Fsp3) is 0.533. The molecule has 0 aromatic heterocycles. The minimum absolute atomic E-state index is 0.0142. The van der Waals surface area contributed by atoms with Crippen LogP contribution in [0.4, 0.5) is 5.69 Å². The van der Waals surface area contributed by atoms with E-state index in [0.29, 0.717) is 5.56 Å². The smallest absolute Gasteiger partial charge is 0.269 e. The predicted molar refractivity (Wildman–Crippen MR) is 83.3 cm³/mol. The van der Waals surface area contributed by atoms with Crippen molar-refractivity contribution in [1.29, 1.82) is 0 Å². The lowest BCUT2D eigenvalue weighted by atomic mass is 9.97. The Balaban J connectivity index is 2.07. The molecule has 5 atom stereocenters. The highest BCUT2D eigenvalue weighted by Crippen LogP contribution is 2.23. The first-order chi connectivity index (χ1) is 11.8. The van der Waals surface area contributed by atoms with E-state index in [4.69, 9.17) is 9.47 Å². The van der Waals surface area contributed by atoms with Crippen LogP contribution >= 0.6 is 0 Å². The summed E-state index contributed by atoms with van der Waals surface area (Å²) in [4.78, 5) is 21.4. The van der Waals surface area contributed by atoms with Gasteiger partial charge in [-0.05, 0) is 17.7 Å². The number of hydrogen-bond acceptors (Lipinski definition) is 8. The van der Waals surface area contributed by atoms with Gasteiger partial charge in [0.15, 0.2) is 6.29 Å². The van der Waals surface area contributed by atoms with Gasteiger partial charge < -0.3 is 30.1 Å². The van der Waals surface area contributed by atoms with E-state index in [-0.39, 0.29) is 12.3 Å². The molecule has 2 rings (SSSR count). The van der Waals surface area contributed by atoms with Crippen molar-refractivity contribution >= 4 is 11.6 Å². The number of nitrogens with one attached hydrogen (secondary N) is 1. The Morgan fingerprint density at radius 3 is 2.48 bits per heavy atom. The van der Waals surface area contributed by atoms with Gasteiger partial charge in [0.1, 0.15) is 24.4 Å². The van der Waals surface area contributed by atoms with Gasteiger partial charge >= 0.3 is 0 Å². The molecule has 0 bridgehead atoms. The average molecular weight is 356 g/mol. The van der Waals surface area contributed by atoms with E-state index < -0.39 is 48.1 Å². The number of nitro groups is 1. The van der Waals surface area contributed by atoms with Gasteiger partial charge in [0.25, 0.3) is 5.69 Å². The van der Waals surface area contributed by atoms with Crippen LogP contribution in [-0.2, 0) is 20.9 Å². The molecule has 0 aliphatic carbocycles. The number of carbonyl (C=O) groups excluding carboxylic acids is 1. The summed E-state index contributed by atoms with van der Waals surface area (Å²) >= 11 is 0. The minimum Gasteiger partial charge on any atom is -0.394 e. The van der Waals surface area contributed by atoms with Crippen molar-refractivity contribution in [2.75, 3.05) is 6.61 Å². The topological polar surface area (TPSA) is 151 Å². The summed E-state index contributed by atoms with van der Waals surface area (Å²) in [6.07, 6.45) is -4.96. The van der Waals surface area contributed by atoms with Crippen LogP contribution in [0.5, 0.6) is 0 Å². The fourth-order valence-electron chi connectivity index (χ4n) is 2.51. The van der Waals surface area contributed by atoms with Crippen LogP contribution in [0.1, 0.15) is 12.5 Å². The maximum atomic E-state index is 11.3. The fourth-order valence-corrected chi connectivity index (χ4v) is 2.51. The number of nitrogens with zero attached hydrogens (tertiary/aromatic N) is 1. The van der Waals surface area contributed by atoms with Crippen molar-refractivity contribution in [2.45, 2.75) is 44.2 Å². The number of carbonyl (C=O) groups is 1. The van der Waals surface area contributed by atoms with E-state index in [9.17, 15) is 30.2 Å². The van der Waals surface area contributed by atoms with Gasteiger partial charge in [-0.3, -0.25) is 14.9 Å². The highest BCUT2D eigenvalue weighted by Gasteiger charge is 2.45. The lowest BCUT2D eigenvalue weighted by Crippen LogP contribution is -2.64. The monoisotopic (exact) mass is 356 g/mol. The molecule has 1 aromatic rings. The molecule has 1 fully saturated rings. The van der Waals surface area contributed by atoms with Crippen molar-refractivity contribution in [3.63, 3.8) is 0 Å². The SMILES string of the molecule is CC(=O)N[C@H]1[C@@H](OCc2ccc([N+](=O)[O-])cc2)O[C@@H](CO)[C@@H](O)[C@H]1O. The molecule has 10 nitrogen and oxygen atoms in total. The normalized spacial score (nSPS) is 29.2. The first kappa shape index (κ1) is 19.2. The van der Waals surface area contributed by atoms with Crippen molar-refractivity contribution in [2.24, 2.45) is 0 Å². The van der Waals surface area contributed by atoms with Crippen LogP contribution in [0.25, 0.3) is 0 Å². The van der Waals surface area contributed by atoms with Crippen LogP contribution in [0, 0.1) is 10.1 Å². The molecular formula is C15H20N2O8. The number of aliphatic hydroxyl groups excluding tert-OH is 3. The van der Waals surface area contributed by atoms with Crippen molar-refractivity contribution < 1.29 is 34.5 Å². The van der Waals surface area contributed by atoms with Gasteiger partial charge in [0, 0.05) is 19.1 Å². The maximum Gasteiger partial charge on any atom is 0.269 e. The number of hydrogen-bond donors (Lipinski definition) is 4. The third kappa shape index (κ3) is 4.71. The molecule has 1 aromatic carbocycles. The van der Waals surface area contributed by atoms with E-state index in [1.807, 2.05) is 0 Å². The van der Waals surface area contributed by atoms with Crippen molar-refractivity contribution in [3.05, 3.63) is 39.9 Å². The number of nitro benzene ring substituents is 1. The second-order valence-electron chi connectivity index (χ2n) is 5.67.